The van der Waals surface area contributed by atoms with Crippen molar-refractivity contribution in [2.24, 2.45) is 5.92 Å². The van der Waals surface area contributed by atoms with E-state index in [0.29, 0.717) is 0 Å². The van der Waals surface area contributed by atoms with Crippen LogP contribution in [0.2, 0.25) is 0 Å². The third kappa shape index (κ3) is 2.61. The summed E-state index contributed by atoms with van der Waals surface area (Å²) in [7, 11) is 3.84. The van der Waals surface area contributed by atoms with Gasteiger partial charge in [0.05, 0.1) is 5.92 Å². The summed E-state index contributed by atoms with van der Waals surface area (Å²) in [6.07, 6.45) is 0. The Labute approximate surface area is 113 Å². The van der Waals surface area contributed by atoms with Crippen LogP contribution in [0.3, 0.4) is 0 Å². The van der Waals surface area contributed by atoms with Crippen molar-refractivity contribution in [1.29, 1.82) is 0 Å². The predicted molar refractivity (Wildman–Crippen MR) is 77.2 cm³/mol. The van der Waals surface area contributed by atoms with E-state index in [1.165, 1.54) is 0 Å². The minimum Gasteiger partial charge on any atom is -0.481 e. The van der Waals surface area contributed by atoms with Gasteiger partial charge in [-0.1, -0.05) is 49.4 Å². The van der Waals surface area contributed by atoms with E-state index >= 15 is 0 Å². The number of hydrogen-bond donors (Lipinski definition) is 1. The summed E-state index contributed by atoms with van der Waals surface area (Å²) in [5, 5.41) is 11.6. The minimum atomic E-state index is -0.772. The molecule has 0 fully saturated rings. The molecule has 2 aromatic rings. The van der Waals surface area contributed by atoms with Crippen LogP contribution in [-0.2, 0) is 4.79 Å². The third-order valence-corrected chi connectivity index (χ3v) is 3.56. The number of carboxylic acid groups (broad SMARTS) is 1. The molecule has 1 N–H and O–H groups in total. The van der Waals surface area contributed by atoms with Gasteiger partial charge in [0.1, 0.15) is 0 Å². The highest BCUT2D eigenvalue weighted by Gasteiger charge is 2.28. The Morgan fingerprint density at radius 2 is 1.74 bits per heavy atom. The zero-order valence-corrected chi connectivity index (χ0v) is 11.5. The SMILES string of the molecule is CC(C(=O)O)C(c1cccc2ccccc12)N(C)C. The maximum Gasteiger partial charge on any atom is 0.308 e. The summed E-state index contributed by atoms with van der Waals surface area (Å²) < 4.78 is 0. The van der Waals surface area contributed by atoms with Crippen LogP contribution in [0, 0.1) is 5.92 Å². The van der Waals surface area contributed by atoms with Crippen molar-refractivity contribution >= 4 is 16.7 Å². The van der Waals surface area contributed by atoms with Crippen LogP contribution in [0.15, 0.2) is 42.5 Å². The number of carbonyl (C=O) groups is 1. The molecule has 0 aromatic heterocycles. The average molecular weight is 257 g/mol. The van der Waals surface area contributed by atoms with Gasteiger partial charge in [-0.2, -0.15) is 0 Å². The molecular weight excluding hydrogens is 238 g/mol. The molecular formula is C16H19NO2. The summed E-state index contributed by atoms with van der Waals surface area (Å²) in [4.78, 5) is 13.3. The zero-order valence-electron chi connectivity index (χ0n) is 11.5. The maximum absolute atomic E-state index is 11.3. The van der Waals surface area contributed by atoms with Crippen LogP contribution in [0.1, 0.15) is 18.5 Å². The molecule has 0 saturated carbocycles. The maximum atomic E-state index is 11.3. The van der Waals surface area contributed by atoms with E-state index in [1.807, 2.05) is 43.3 Å². The van der Waals surface area contributed by atoms with Gasteiger partial charge in [0.15, 0.2) is 0 Å². The van der Waals surface area contributed by atoms with Crippen molar-refractivity contribution in [2.75, 3.05) is 14.1 Å². The lowest BCUT2D eigenvalue weighted by atomic mass is 9.90. The summed E-state index contributed by atoms with van der Waals surface area (Å²) >= 11 is 0. The van der Waals surface area contributed by atoms with E-state index in [4.69, 9.17) is 0 Å². The van der Waals surface area contributed by atoms with Gasteiger partial charge in [-0.15, -0.1) is 0 Å². The molecule has 0 saturated heterocycles. The van der Waals surface area contributed by atoms with Gasteiger partial charge in [-0.05, 0) is 30.4 Å². The first-order valence-electron chi connectivity index (χ1n) is 6.39. The molecule has 0 heterocycles. The molecule has 3 heteroatoms. The number of hydrogen-bond acceptors (Lipinski definition) is 2. The third-order valence-electron chi connectivity index (χ3n) is 3.56. The number of benzene rings is 2. The molecule has 0 aliphatic heterocycles. The summed E-state index contributed by atoms with van der Waals surface area (Å²) in [5.41, 5.74) is 1.07. The molecule has 0 radical (unpaired) electrons. The van der Waals surface area contributed by atoms with E-state index in [-0.39, 0.29) is 6.04 Å². The molecule has 100 valence electrons. The van der Waals surface area contributed by atoms with Gasteiger partial charge in [-0.25, -0.2) is 0 Å². The lowest BCUT2D eigenvalue weighted by Gasteiger charge is -2.29. The Kier molecular flexibility index (Phi) is 3.86. The van der Waals surface area contributed by atoms with Gasteiger partial charge >= 0.3 is 5.97 Å². The molecule has 0 amide bonds. The fourth-order valence-corrected chi connectivity index (χ4v) is 2.64. The Hall–Kier alpha value is -1.87. The second-order valence-corrected chi connectivity index (χ2v) is 5.10. The van der Waals surface area contributed by atoms with Crippen molar-refractivity contribution < 1.29 is 9.90 Å². The fourth-order valence-electron chi connectivity index (χ4n) is 2.64. The van der Waals surface area contributed by atoms with Crippen LogP contribution < -0.4 is 0 Å². The first kappa shape index (κ1) is 13.6. The van der Waals surface area contributed by atoms with E-state index < -0.39 is 11.9 Å². The number of aliphatic carboxylic acids is 1. The molecule has 0 aliphatic rings. The van der Waals surface area contributed by atoms with Gasteiger partial charge in [-0.3, -0.25) is 4.79 Å². The van der Waals surface area contributed by atoms with Gasteiger partial charge < -0.3 is 10.0 Å². The summed E-state index contributed by atoms with van der Waals surface area (Å²) in [6.45, 7) is 1.76. The van der Waals surface area contributed by atoms with Gasteiger partial charge in [0, 0.05) is 6.04 Å². The van der Waals surface area contributed by atoms with E-state index in [9.17, 15) is 9.90 Å². The molecule has 0 spiro atoms. The predicted octanol–water partition coefficient (Wildman–Crippen LogP) is 3.16. The van der Waals surface area contributed by atoms with Gasteiger partial charge in [0.2, 0.25) is 0 Å². The summed E-state index contributed by atoms with van der Waals surface area (Å²) in [6, 6.07) is 14.0. The lowest BCUT2D eigenvalue weighted by molar-refractivity contribution is -0.143. The Bertz CT molecular complexity index is 587. The number of nitrogens with zero attached hydrogens (tertiary/aromatic N) is 1. The normalized spacial score (nSPS) is 14.5. The molecule has 2 rings (SSSR count). The molecule has 3 nitrogen and oxygen atoms in total. The van der Waals surface area contributed by atoms with E-state index in [0.717, 1.165) is 16.3 Å². The molecule has 19 heavy (non-hydrogen) atoms. The van der Waals surface area contributed by atoms with Crippen molar-refractivity contribution in [3.63, 3.8) is 0 Å². The highest BCUT2D eigenvalue weighted by Crippen LogP contribution is 2.32. The number of carboxylic acids is 1. The lowest BCUT2D eigenvalue weighted by Crippen LogP contribution is -2.30. The second-order valence-electron chi connectivity index (χ2n) is 5.10. The standard InChI is InChI=1S/C16H19NO2/c1-11(16(18)19)15(17(2)3)14-10-6-8-12-7-4-5-9-13(12)14/h4-11,15H,1-3H3,(H,18,19). The van der Waals surface area contributed by atoms with Crippen LogP contribution in [0.4, 0.5) is 0 Å². The molecule has 2 unspecified atom stereocenters. The molecule has 0 aliphatic carbocycles. The van der Waals surface area contributed by atoms with Crippen molar-refractivity contribution in [1.82, 2.24) is 4.90 Å². The number of rotatable bonds is 4. The van der Waals surface area contributed by atoms with E-state index in [2.05, 4.69) is 18.2 Å². The topological polar surface area (TPSA) is 40.5 Å². The van der Waals surface area contributed by atoms with Crippen LogP contribution in [0.25, 0.3) is 10.8 Å². The highest BCUT2D eigenvalue weighted by atomic mass is 16.4. The van der Waals surface area contributed by atoms with Crippen molar-refractivity contribution in [3.05, 3.63) is 48.0 Å². The largest absolute Gasteiger partial charge is 0.481 e. The second kappa shape index (κ2) is 5.41. The smallest absolute Gasteiger partial charge is 0.308 e. The minimum absolute atomic E-state index is 0.136. The average Bonchev–Trinajstić information content (AvgIpc) is 2.38. The Morgan fingerprint density at radius 3 is 2.37 bits per heavy atom. The molecule has 0 bridgehead atoms. The quantitative estimate of drug-likeness (QED) is 0.914. The van der Waals surface area contributed by atoms with Crippen molar-refractivity contribution in [3.8, 4) is 0 Å². The Balaban J connectivity index is 2.60. The van der Waals surface area contributed by atoms with Crippen LogP contribution in [-0.4, -0.2) is 30.1 Å². The van der Waals surface area contributed by atoms with Gasteiger partial charge in [0.25, 0.3) is 0 Å². The monoisotopic (exact) mass is 257 g/mol. The van der Waals surface area contributed by atoms with Crippen LogP contribution in [0.5, 0.6) is 0 Å². The Morgan fingerprint density at radius 1 is 1.11 bits per heavy atom. The highest BCUT2D eigenvalue weighted by molar-refractivity contribution is 5.86. The van der Waals surface area contributed by atoms with E-state index in [1.54, 1.807) is 6.92 Å². The van der Waals surface area contributed by atoms with Crippen molar-refractivity contribution in [2.45, 2.75) is 13.0 Å². The molecule has 2 atom stereocenters. The summed E-state index contributed by atoms with van der Waals surface area (Å²) in [5.74, 6) is -1.23. The first-order valence-corrected chi connectivity index (χ1v) is 6.39. The fraction of sp³-hybridized carbons (Fsp3) is 0.312. The first-order chi connectivity index (χ1) is 9.02. The number of fused-ring (bicyclic) bond motifs is 1. The zero-order chi connectivity index (χ0) is 14.0. The van der Waals surface area contributed by atoms with Crippen LogP contribution >= 0.6 is 0 Å². The molecule has 2 aromatic carbocycles.